The molecule has 30 nitrogen and oxygen atoms in total. The van der Waals surface area contributed by atoms with E-state index in [0.717, 1.165) is 25.7 Å². The average molecular weight is 998 g/mol. The number of aromatic nitrogens is 2. The molecule has 2 aliphatic rings. The molecule has 2 aliphatic heterocycles. The third kappa shape index (κ3) is 17.0. The van der Waals surface area contributed by atoms with E-state index >= 15 is 0 Å². The molecule has 390 valence electrons. The fourth-order valence-electron chi connectivity index (χ4n) is 7.04. The number of unbranched alkanes of at least 4 members (excludes halogenated alkanes) is 4. The summed E-state index contributed by atoms with van der Waals surface area (Å²) in [5, 5.41) is 98.4. The lowest BCUT2D eigenvalue weighted by molar-refractivity contribution is -0.157. The normalized spacial score (nSPS) is 19.4. The number of hydrogen-bond donors (Lipinski definition) is 18. The van der Waals surface area contributed by atoms with Gasteiger partial charge in [-0.3, -0.25) is 38.8 Å². The second-order valence-corrected chi connectivity index (χ2v) is 16.2. The number of aliphatic carboxylic acids is 3. The van der Waals surface area contributed by atoms with E-state index in [1.54, 1.807) is 0 Å². The zero-order valence-electron chi connectivity index (χ0n) is 38.1. The zero-order chi connectivity index (χ0) is 52.1. The summed E-state index contributed by atoms with van der Waals surface area (Å²) in [5.74, 6) is -12.3. The maximum atomic E-state index is 13.7. The Hall–Kier alpha value is -6.86. The highest BCUT2D eigenvalue weighted by Crippen LogP contribution is 2.18. The molecule has 6 amide bonds. The molecule has 11 atom stereocenters. The van der Waals surface area contributed by atoms with Gasteiger partial charge in [-0.1, -0.05) is 32.6 Å². The minimum absolute atomic E-state index is 0.0643. The molecule has 0 bridgehead atoms. The van der Waals surface area contributed by atoms with Crippen LogP contribution in [0.3, 0.4) is 0 Å². The smallest absolute Gasteiger partial charge is 0.335 e. The number of hydrogen-bond acceptors (Lipinski definition) is 20. The largest absolute Gasteiger partial charge is 0.480 e. The molecule has 11 unspecified atom stereocenters. The van der Waals surface area contributed by atoms with Crippen molar-refractivity contribution in [3.05, 3.63) is 18.2 Å². The van der Waals surface area contributed by atoms with Gasteiger partial charge in [0.25, 0.3) is 0 Å². The number of aliphatic hydroxyl groups is 5. The van der Waals surface area contributed by atoms with Crippen molar-refractivity contribution >= 4 is 65.0 Å². The van der Waals surface area contributed by atoms with Crippen LogP contribution in [0.4, 0.5) is 0 Å². The van der Waals surface area contributed by atoms with E-state index in [1.165, 1.54) is 12.5 Å². The van der Waals surface area contributed by atoms with Gasteiger partial charge in [-0.15, -0.1) is 0 Å². The number of rotatable bonds is 30. The topological polar surface area (TPSA) is 491 Å². The number of amidine groups is 2. The van der Waals surface area contributed by atoms with Crippen LogP contribution >= 0.6 is 0 Å². The summed E-state index contributed by atoms with van der Waals surface area (Å²) in [6.45, 7) is -0.635. The van der Waals surface area contributed by atoms with Crippen LogP contribution in [0.25, 0.3) is 0 Å². The molecule has 0 saturated heterocycles. The number of carboxylic acid groups (broad SMARTS) is 3. The lowest BCUT2D eigenvalue weighted by atomic mass is 10.0. The number of carbonyl (C=O) groups excluding carboxylic acids is 6. The highest BCUT2D eigenvalue weighted by Gasteiger charge is 2.40. The van der Waals surface area contributed by atoms with Crippen LogP contribution < -0.4 is 48.3 Å². The Bertz CT molecular complexity index is 2040. The van der Waals surface area contributed by atoms with E-state index in [4.69, 9.17) is 10.8 Å². The Morgan fingerprint density at radius 1 is 0.671 bits per heavy atom. The van der Waals surface area contributed by atoms with Gasteiger partial charge in [-0.2, -0.15) is 0 Å². The van der Waals surface area contributed by atoms with E-state index in [2.05, 4.69) is 64.1 Å². The third-order valence-corrected chi connectivity index (χ3v) is 11.0. The molecule has 1 aromatic heterocycles. The van der Waals surface area contributed by atoms with Crippen LogP contribution in [0.1, 0.15) is 76.5 Å². The molecule has 0 spiro atoms. The Kier molecular flexibility index (Phi) is 23.5. The van der Waals surface area contributed by atoms with Crippen LogP contribution in [0.2, 0.25) is 0 Å². The number of H-pyrrole nitrogens is 1. The Morgan fingerprint density at radius 2 is 1.20 bits per heavy atom. The summed E-state index contributed by atoms with van der Waals surface area (Å²) in [6.07, 6.45) is 0.573. The maximum absolute atomic E-state index is 13.7. The monoisotopic (exact) mass is 997 g/mol. The molecule has 30 heteroatoms. The van der Waals surface area contributed by atoms with Crippen molar-refractivity contribution in [1.29, 1.82) is 0 Å². The van der Waals surface area contributed by atoms with Crippen molar-refractivity contribution in [3.8, 4) is 0 Å². The molecule has 0 aliphatic carbocycles. The van der Waals surface area contributed by atoms with Crippen molar-refractivity contribution in [2.24, 2.45) is 15.7 Å². The number of nitrogens with two attached hydrogens (primary N) is 1. The van der Waals surface area contributed by atoms with Gasteiger partial charge in [-0.25, -0.2) is 19.4 Å². The zero-order valence-corrected chi connectivity index (χ0v) is 38.1. The van der Waals surface area contributed by atoms with Gasteiger partial charge in [0.15, 0.2) is 18.2 Å². The summed E-state index contributed by atoms with van der Waals surface area (Å²) in [5.41, 5.74) is 5.99. The minimum atomic E-state index is -2.57. The van der Waals surface area contributed by atoms with Gasteiger partial charge < -0.3 is 94.1 Å². The maximum Gasteiger partial charge on any atom is 0.335 e. The fraction of sp³-hybridized carbons (Fsp3) is 0.650. The molecule has 0 saturated carbocycles. The van der Waals surface area contributed by atoms with Crippen LogP contribution in [-0.2, 0) is 43.2 Å². The number of nitrogens with one attached hydrogen (secondary N) is 9. The summed E-state index contributed by atoms with van der Waals surface area (Å²) in [7, 11) is 0. The Labute approximate surface area is 399 Å². The van der Waals surface area contributed by atoms with Crippen molar-refractivity contribution in [2.75, 3.05) is 32.8 Å². The molecule has 3 heterocycles. The summed E-state index contributed by atoms with van der Waals surface area (Å²) >= 11 is 0. The first-order valence-electron chi connectivity index (χ1n) is 22.3. The van der Waals surface area contributed by atoms with Crippen LogP contribution in [0, 0.1) is 0 Å². The molecule has 19 N–H and O–H groups in total. The van der Waals surface area contributed by atoms with Gasteiger partial charge in [0, 0.05) is 19.5 Å². The number of carbonyl (C=O) groups is 9. The molecule has 0 radical (unpaired) electrons. The fourth-order valence-corrected chi connectivity index (χ4v) is 7.04. The molecule has 1 aromatic rings. The second kappa shape index (κ2) is 28.6. The van der Waals surface area contributed by atoms with Crippen LogP contribution in [-0.4, -0.2) is 209 Å². The highest BCUT2D eigenvalue weighted by atomic mass is 16.4. The number of aliphatic imine (C=N–C) groups is 2. The molecule has 0 aromatic carbocycles. The SMILES string of the molecule is CCCCCCCC(=O)NC(C1=NCCC(C(=O)NC(CCN)C(=O)NC(CO)C(=O)NC(CO)C(=O)NC(C2=NCCC(C(=O)NC(C(=O)O)C(O)C(=O)O)N2)C(O)C(=O)O)N1)C(O)c1cnc[nH]1. The Balaban J connectivity index is 1.68. The summed E-state index contributed by atoms with van der Waals surface area (Å²) in [6, 6.07) is -13.3. The number of imidazole rings is 1. The van der Waals surface area contributed by atoms with Gasteiger partial charge in [0.2, 0.25) is 35.4 Å². The van der Waals surface area contributed by atoms with Gasteiger partial charge in [-0.05, 0) is 32.2 Å². The van der Waals surface area contributed by atoms with Crippen LogP contribution in [0.15, 0.2) is 22.5 Å². The van der Waals surface area contributed by atoms with Crippen molar-refractivity contribution in [1.82, 2.24) is 52.5 Å². The van der Waals surface area contributed by atoms with E-state index in [0.29, 0.717) is 6.42 Å². The number of carboxylic acids is 3. The van der Waals surface area contributed by atoms with Gasteiger partial charge in [0.05, 0.1) is 31.4 Å². The van der Waals surface area contributed by atoms with Gasteiger partial charge in [0.1, 0.15) is 60.1 Å². The number of amides is 6. The molecule has 70 heavy (non-hydrogen) atoms. The Morgan fingerprint density at radius 3 is 1.70 bits per heavy atom. The number of aromatic amines is 1. The molecular formula is C40H63N13O17. The average Bonchev–Trinajstić information content (AvgIpc) is 3.89. The first kappa shape index (κ1) is 57.5. The first-order valence-corrected chi connectivity index (χ1v) is 22.3. The van der Waals surface area contributed by atoms with E-state index in [-0.39, 0.29) is 62.8 Å². The van der Waals surface area contributed by atoms with E-state index < -0.39 is 133 Å². The highest BCUT2D eigenvalue weighted by molar-refractivity contribution is 6.02. The molecule has 3 rings (SSSR count). The standard InChI is InChI=1S/C40H63N13O17/c1-2-3-4-5-6-7-24(56)51-25(28(57)21-14-42-17-45-21)31-43-12-9-19(46-31)34(61)48-18(8-11-41)33(60)49-22(15-54)36(63)50-23(16-55)37(64)52-26(29(58)39(67)68)32-44-13-10-20(47-32)35(62)53-27(38(65)66)30(59)40(69)70/h14,17-20,22-23,25-30,54-55,57-59H,2-13,15-16,41H2,1H3,(H,42,45)(H,43,46)(H,44,47)(H,48,61)(H,49,60)(H,50,63)(H,51,56)(H,52,64)(H,53,62)(H,65,66)(H,67,68)(H,69,70). The van der Waals surface area contributed by atoms with Crippen molar-refractivity contribution in [2.45, 2.75) is 131 Å². The lowest BCUT2D eigenvalue weighted by Gasteiger charge is -2.32. The van der Waals surface area contributed by atoms with Crippen molar-refractivity contribution < 1.29 is 84.0 Å². The predicted octanol–water partition coefficient (Wildman–Crippen LogP) is -7.46. The number of aliphatic hydroxyl groups excluding tert-OH is 5. The van der Waals surface area contributed by atoms with E-state index in [9.17, 15) is 78.9 Å². The summed E-state index contributed by atoms with van der Waals surface area (Å²) < 4.78 is 0. The third-order valence-electron chi connectivity index (χ3n) is 11.0. The van der Waals surface area contributed by atoms with Gasteiger partial charge >= 0.3 is 17.9 Å². The minimum Gasteiger partial charge on any atom is -0.480 e. The second-order valence-electron chi connectivity index (χ2n) is 16.2. The van der Waals surface area contributed by atoms with Crippen LogP contribution in [0.5, 0.6) is 0 Å². The predicted molar refractivity (Wildman–Crippen MR) is 239 cm³/mol. The molecular weight excluding hydrogens is 935 g/mol. The summed E-state index contributed by atoms with van der Waals surface area (Å²) in [4.78, 5) is 129. The first-order chi connectivity index (χ1) is 33.3. The molecule has 0 fully saturated rings. The van der Waals surface area contributed by atoms with Crippen molar-refractivity contribution in [3.63, 3.8) is 0 Å². The number of nitrogens with zero attached hydrogens (tertiary/aromatic N) is 3. The quantitative estimate of drug-likeness (QED) is 0.0318. The van der Waals surface area contributed by atoms with E-state index in [1.807, 2.05) is 5.32 Å². The lowest BCUT2D eigenvalue weighted by Crippen LogP contribution is -2.64.